The summed E-state index contributed by atoms with van der Waals surface area (Å²) in [5, 5.41) is 22.6. The zero-order chi connectivity index (χ0) is 25.2. The maximum atomic E-state index is 13.1. The Balaban J connectivity index is 1.54. The summed E-state index contributed by atoms with van der Waals surface area (Å²) in [6.07, 6.45) is 1.60. The first-order valence-corrected chi connectivity index (χ1v) is 11.4. The molecule has 0 aliphatic heterocycles. The van der Waals surface area contributed by atoms with Gasteiger partial charge >= 0.3 is 0 Å². The summed E-state index contributed by atoms with van der Waals surface area (Å²) in [5.41, 5.74) is 3.03. The van der Waals surface area contributed by atoms with Crippen LogP contribution in [0, 0.1) is 18.3 Å². The highest BCUT2D eigenvalue weighted by Crippen LogP contribution is 2.27. The van der Waals surface area contributed by atoms with Crippen molar-refractivity contribution in [3.63, 3.8) is 0 Å². The van der Waals surface area contributed by atoms with E-state index >= 15 is 0 Å². The van der Waals surface area contributed by atoms with Gasteiger partial charge in [0.1, 0.15) is 11.6 Å². The molecule has 0 bridgehead atoms. The van der Waals surface area contributed by atoms with Gasteiger partial charge in [-0.25, -0.2) is 5.43 Å². The fraction of sp³-hybridized carbons (Fsp3) is 0.0357. The Labute approximate surface area is 210 Å². The number of aromatic nitrogens is 2. The maximum absolute atomic E-state index is 13.1. The molecule has 1 N–H and O–H groups in total. The molecule has 0 unspecified atom stereocenters. The highest BCUT2D eigenvalue weighted by Gasteiger charge is 2.20. The van der Waals surface area contributed by atoms with Gasteiger partial charge in [-0.1, -0.05) is 60.1 Å². The minimum atomic E-state index is -0.646. The van der Waals surface area contributed by atoms with Gasteiger partial charge in [0.25, 0.3) is 11.5 Å². The topological polar surface area (TPSA) is 100 Å². The molecule has 0 saturated carbocycles. The van der Waals surface area contributed by atoms with Crippen LogP contribution in [-0.2, 0) is 0 Å². The Hall–Kier alpha value is -4.80. The maximum Gasteiger partial charge on any atom is 0.292 e. The molecule has 0 fully saturated rings. The van der Waals surface area contributed by atoms with Gasteiger partial charge in [-0.15, -0.1) is 0 Å². The van der Waals surface area contributed by atoms with Crippen LogP contribution >= 0.6 is 11.6 Å². The monoisotopic (exact) mass is 491 g/mol. The third kappa shape index (κ3) is 4.11. The standard InChI is InChI=1S/C28H18ClN5O2/c1-17-24(15-30)28(36)34(21-12-10-20(29)11-13-21)33-26(17)27(35)32-31-16-25-22-8-4-2-6-18(22)14-19-7-3-5-9-23(19)25/h2-14,16H,1H3,(H,32,35)/b31-16-. The first-order valence-electron chi connectivity index (χ1n) is 11.0. The number of amides is 1. The first kappa shape index (κ1) is 23.0. The molecule has 5 rings (SSSR count). The lowest BCUT2D eigenvalue weighted by Gasteiger charge is -2.11. The molecule has 7 nitrogen and oxygen atoms in total. The zero-order valence-corrected chi connectivity index (χ0v) is 19.8. The third-order valence-corrected chi connectivity index (χ3v) is 6.16. The van der Waals surface area contributed by atoms with Crippen LogP contribution in [0.15, 0.2) is 88.8 Å². The number of hydrogen-bond acceptors (Lipinski definition) is 5. The van der Waals surface area contributed by atoms with Gasteiger partial charge in [-0.2, -0.15) is 20.1 Å². The number of carbonyl (C=O) groups is 1. The molecule has 0 radical (unpaired) electrons. The molecular formula is C28H18ClN5O2. The molecule has 4 aromatic carbocycles. The predicted octanol–water partition coefficient (Wildman–Crippen LogP) is 5.14. The number of nitrogens with one attached hydrogen (secondary N) is 1. The zero-order valence-electron chi connectivity index (χ0n) is 19.1. The van der Waals surface area contributed by atoms with Crippen LogP contribution in [-0.4, -0.2) is 21.9 Å². The average Bonchev–Trinajstić information content (AvgIpc) is 2.89. The number of carbonyl (C=O) groups excluding carboxylic acids is 1. The van der Waals surface area contributed by atoms with Crippen molar-refractivity contribution in [3.8, 4) is 11.8 Å². The fourth-order valence-electron chi connectivity index (χ4n) is 4.11. The average molecular weight is 492 g/mol. The summed E-state index contributed by atoms with van der Waals surface area (Å²) >= 11 is 5.94. The summed E-state index contributed by atoms with van der Waals surface area (Å²) in [4.78, 5) is 25.9. The van der Waals surface area contributed by atoms with Crippen LogP contribution in [0.2, 0.25) is 5.02 Å². The quantitative estimate of drug-likeness (QED) is 0.214. The lowest BCUT2D eigenvalue weighted by Crippen LogP contribution is -2.31. The van der Waals surface area contributed by atoms with E-state index in [2.05, 4.69) is 21.7 Å². The number of rotatable bonds is 4. The van der Waals surface area contributed by atoms with Crippen molar-refractivity contribution < 1.29 is 4.79 Å². The molecular weight excluding hydrogens is 474 g/mol. The predicted molar refractivity (Wildman–Crippen MR) is 141 cm³/mol. The van der Waals surface area contributed by atoms with Crippen LogP contribution in [0.4, 0.5) is 0 Å². The van der Waals surface area contributed by atoms with E-state index in [0.717, 1.165) is 31.8 Å². The minimum absolute atomic E-state index is 0.0824. The minimum Gasteiger partial charge on any atom is -0.266 e. The molecule has 5 aromatic rings. The smallest absolute Gasteiger partial charge is 0.266 e. The van der Waals surface area contributed by atoms with Crippen LogP contribution in [0.25, 0.3) is 27.2 Å². The van der Waals surface area contributed by atoms with Crippen molar-refractivity contribution in [3.05, 3.63) is 117 Å². The SMILES string of the molecule is Cc1c(C(=O)N/N=C\c2c3ccccc3cc3ccccc23)nn(-c2ccc(Cl)cc2)c(=O)c1C#N. The lowest BCUT2D eigenvalue weighted by molar-refractivity contribution is 0.0947. The molecule has 1 amide bonds. The van der Waals surface area contributed by atoms with Crippen molar-refractivity contribution in [2.24, 2.45) is 5.10 Å². The number of nitrogens with zero attached hydrogens (tertiary/aromatic N) is 4. The van der Waals surface area contributed by atoms with Gasteiger partial charge in [-0.05, 0) is 58.8 Å². The number of hydrogen-bond donors (Lipinski definition) is 1. The van der Waals surface area contributed by atoms with E-state index in [1.165, 1.54) is 6.92 Å². The molecule has 0 aliphatic rings. The number of hydrazone groups is 1. The van der Waals surface area contributed by atoms with E-state index in [1.54, 1.807) is 30.5 Å². The molecule has 36 heavy (non-hydrogen) atoms. The Morgan fingerprint density at radius 3 is 2.25 bits per heavy atom. The van der Waals surface area contributed by atoms with E-state index < -0.39 is 11.5 Å². The molecule has 174 valence electrons. The van der Waals surface area contributed by atoms with Crippen molar-refractivity contribution in [2.75, 3.05) is 0 Å². The lowest BCUT2D eigenvalue weighted by atomic mass is 9.97. The number of nitriles is 1. The molecule has 0 atom stereocenters. The second kappa shape index (κ2) is 9.45. The van der Waals surface area contributed by atoms with E-state index in [9.17, 15) is 14.9 Å². The largest absolute Gasteiger partial charge is 0.292 e. The number of halogens is 1. The molecule has 0 saturated heterocycles. The van der Waals surface area contributed by atoms with Crippen molar-refractivity contribution in [1.82, 2.24) is 15.2 Å². The van der Waals surface area contributed by atoms with E-state index in [1.807, 2.05) is 54.6 Å². The Kier molecular flexibility index (Phi) is 6.03. The van der Waals surface area contributed by atoms with Crippen molar-refractivity contribution in [1.29, 1.82) is 5.26 Å². The highest BCUT2D eigenvalue weighted by atomic mass is 35.5. The van der Waals surface area contributed by atoms with Gasteiger partial charge < -0.3 is 0 Å². The van der Waals surface area contributed by atoms with Gasteiger partial charge in [0.15, 0.2) is 5.69 Å². The second-order valence-corrected chi connectivity index (χ2v) is 8.52. The first-order chi connectivity index (χ1) is 17.5. The summed E-state index contributed by atoms with van der Waals surface area (Å²) < 4.78 is 1.01. The van der Waals surface area contributed by atoms with Crippen LogP contribution in [0.1, 0.15) is 27.2 Å². The molecule has 0 aliphatic carbocycles. The fourth-order valence-corrected chi connectivity index (χ4v) is 4.23. The summed E-state index contributed by atoms with van der Waals surface area (Å²) in [5.74, 6) is -0.646. The van der Waals surface area contributed by atoms with E-state index in [4.69, 9.17) is 11.6 Å². The van der Waals surface area contributed by atoms with Gasteiger partial charge in [0.05, 0.1) is 11.9 Å². The summed E-state index contributed by atoms with van der Waals surface area (Å²) in [7, 11) is 0. The van der Waals surface area contributed by atoms with Gasteiger partial charge in [-0.3, -0.25) is 9.59 Å². The van der Waals surface area contributed by atoms with E-state index in [0.29, 0.717) is 10.7 Å². The summed E-state index contributed by atoms with van der Waals surface area (Å²) in [6.45, 7) is 1.51. The van der Waals surface area contributed by atoms with Crippen LogP contribution in [0.5, 0.6) is 0 Å². The number of benzene rings is 4. The Bertz CT molecular complexity index is 1730. The molecule has 0 spiro atoms. The van der Waals surface area contributed by atoms with Crippen molar-refractivity contribution in [2.45, 2.75) is 6.92 Å². The van der Waals surface area contributed by atoms with E-state index in [-0.39, 0.29) is 16.8 Å². The summed E-state index contributed by atoms with van der Waals surface area (Å²) in [6, 6.07) is 26.2. The Morgan fingerprint density at radius 2 is 1.64 bits per heavy atom. The Morgan fingerprint density at radius 1 is 1.03 bits per heavy atom. The van der Waals surface area contributed by atoms with Crippen LogP contribution < -0.4 is 11.0 Å². The molecule has 1 heterocycles. The van der Waals surface area contributed by atoms with Gasteiger partial charge in [0, 0.05) is 16.1 Å². The highest BCUT2D eigenvalue weighted by molar-refractivity contribution is 6.30. The third-order valence-electron chi connectivity index (χ3n) is 5.91. The number of fused-ring (bicyclic) bond motifs is 2. The van der Waals surface area contributed by atoms with Crippen LogP contribution in [0.3, 0.4) is 0 Å². The van der Waals surface area contributed by atoms with Gasteiger partial charge in [0.2, 0.25) is 0 Å². The second-order valence-electron chi connectivity index (χ2n) is 8.09. The molecule has 8 heteroatoms. The van der Waals surface area contributed by atoms with Crippen molar-refractivity contribution >= 4 is 45.3 Å². The molecule has 1 aromatic heterocycles. The normalized spacial score (nSPS) is 11.1.